The SMILES string of the molecule is Cc1nccn1-c1cc(CNC(=O)c2ccc(NC3CC3)c([N+](=O)[O-])c2)ccn1. The first-order chi connectivity index (χ1) is 14.0. The van der Waals surface area contributed by atoms with Crippen molar-refractivity contribution in [3.8, 4) is 5.82 Å². The fourth-order valence-electron chi connectivity index (χ4n) is 3.00. The van der Waals surface area contributed by atoms with Crippen LogP contribution < -0.4 is 10.6 Å². The molecule has 0 radical (unpaired) electrons. The van der Waals surface area contributed by atoms with Crippen LogP contribution >= 0.6 is 0 Å². The Morgan fingerprint density at radius 1 is 1.24 bits per heavy atom. The van der Waals surface area contributed by atoms with E-state index >= 15 is 0 Å². The monoisotopic (exact) mass is 392 g/mol. The third-order valence-electron chi connectivity index (χ3n) is 4.73. The molecule has 0 aliphatic heterocycles. The molecule has 9 heteroatoms. The second-order valence-electron chi connectivity index (χ2n) is 6.96. The molecular formula is C20H20N6O3. The third kappa shape index (κ3) is 4.23. The van der Waals surface area contributed by atoms with Crippen molar-refractivity contribution < 1.29 is 9.72 Å². The van der Waals surface area contributed by atoms with Crippen LogP contribution in [0.3, 0.4) is 0 Å². The van der Waals surface area contributed by atoms with E-state index in [0.717, 1.165) is 24.2 Å². The van der Waals surface area contributed by atoms with Crippen molar-refractivity contribution >= 4 is 17.3 Å². The Hall–Kier alpha value is -3.75. The average Bonchev–Trinajstić information content (AvgIpc) is 3.43. The largest absolute Gasteiger partial charge is 0.377 e. The summed E-state index contributed by atoms with van der Waals surface area (Å²) >= 11 is 0. The number of benzene rings is 1. The van der Waals surface area contributed by atoms with Crippen LogP contribution in [0.2, 0.25) is 0 Å². The van der Waals surface area contributed by atoms with E-state index < -0.39 is 4.92 Å². The number of aryl methyl sites for hydroxylation is 1. The van der Waals surface area contributed by atoms with E-state index in [1.54, 1.807) is 30.6 Å². The van der Waals surface area contributed by atoms with Gasteiger partial charge in [-0.3, -0.25) is 19.5 Å². The highest BCUT2D eigenvalue weighted by molar-refractivity contribution is 5.95. The van der Waals surface area contributed by atoms with Gasteiger partial charge in [0.25, 0.3) is 11.6 Å². The fraction of sp³-hybridized carbons (Fsp3) is 0.250. The lowest BCUT2D eigenvalue weighted by atomic mass is 10.1. The van der Waals surface area contributed by atoms with Crippen LogP contribution in [0.25, 0.3) is 5.82 Å². The predicted octanol–water partition coefficient (Wildman–Crippen LogP) is 2.99. The van der Waals surface area contributed by atoms with E-state index in [9.17, 15) is 14.9 Å². The standard InChI is InChI=1S/C20H20N6O3/c1-13-21-8-9-25(13)19-10-14(6-7-22-19)12-23-20(27)15-2-5-17(24-16-3-4-16)18(11-15)26(28)29/h2,5-11,16,24H,3-4,12H2,1H3,(H,23,27). The van der Waals surface area contributed by atoms with Crippen LogP contribution in [-0.2, 0) is 6.54 Å². The Morgan fingerprint density at radius 2 is 2.07 bits per heavy atom. The Labute approximate surface area is 167 Å². The van der Waals surface area contributed by atoms with Crippen molar-refractivity contribution in [2.75, 3.05) is 5.32 Å². The lowest BCUT2D eigenvalue weighted by Gasteiger charge is -2.10. The van der Waals surface area contributed by atoms with Crippen molar-refractivity contribution in [3.05, 3.63) is 76.0 Å². The molecule has 9 nitrogen and oxygen atoms in total. The number of rotatable bonds is 7. The number of hydrogen-bond donors (Lipinski definition) is 2. The molecule has 0 spiro atoms. The van der Waals surface area contributed by atoms with Crippen LogP contribution in [-0.4, -0.2) is 31.4 Å². The summed E-state index contributed by atoms with van der Waals surface area (Å²) < 4.78 is 1.85. The van der Waals surface area contributed by atoms with E-state index in [-0.39, 0.29) is 29.7 Å². The molecule has 1 fully saturated rings. The number of aromatic nitrogens is 3. The Balaban J connectivity index is 1.46. The van der Waals surface area contributed by atoms with Gasteiger partial charge in [-0.15, -0.1) is 0 Å². The van der Waals surface area contributed by atoms with E-state index in [1.165, 1.54) is 6.07 Å². The molecule has 1 saturated carbocycles. The lowest BCUT2D eigenvalue weighted by Crippen LogP contribution is -2.23. The maximum Gasteiger partial charge on any atom is 0.293 e. The predicted molar refractivity (Wildman–Crippen MR) is 107 cm³/mol. The summed E-state index contributed by atoms with van der Waals surface area (Å²) in [4.78, 5) is 31.9. The zero-order valence-corrected chi connectivity index (χ0v) is 15.8. The molecule has 148 valence electrons. The highest BCUT2D eigenvalue weighted by Gasteiger charge is 2.25. The van der Waals surface area contributed by atoms with Crippen LogP contribution in [0.4, 0.5) is 11.4 Å². The van der Waals surface area contributed by atoms with Crippen molar-refractivity contribution in [2.24, 2.45) is 0 Å². The number of carbonyl (C=O) groups excluding carboxylic acids is 1. The first-order valence-electron chi connectivity index (χ1n) is 9.29. The van der Waals surface area contributed by atoms with Gasteiger partial charge in [0.05, 0.1) is 4.92 Å². The van der Waals surface area contributed by atoms with Gasteiger partial charge in [0, 0.05) is 42.8 Å². The van der Waals surface area contributed by atoms with Crippen molar-refractivity contribution in [2.45, 2.75) is 32.4 Å². The summed E-state index contributed by atoms with van der Waals surface area (Å²) in [5, 5.41) is 17.3. The molecule has 0 bridgehead atoms. The van der Waals surface area contributed by atoms with Crippen LogP contribution in [0.5, 0.6) is 0 Å². The second kappa shape index (κ2) is 7.70. The summed E-state index contributed by atoms with van der Waals surface area (Å²) in [7, 11) is 0. The van der Waals surface area contributed by atoms with Crippen LogP contribution in [0, 0.1) is 17.0 Å². The van der Waals surface area contributed by atoms with Gasteiger partial charge < -0.3 is 10.6 Å². The molecule has 0 atom stereocenters. The summed E-state index contributed by atoms with van der Waals surface area (Å²) in [5.74, 6) is 1.15. The maximum absolute atomic E-state index is 12.5. The minimum Gasteiger partial charge on any atom is -0.377 e. The zero-order chi connectivity index (χ0) is 20.4. The van der Waals surface area contributed by atoms with Crippen LogP contribution in [0.15, 0.2) is 48.9 Å². The maximum atomic E-state index is 12.5. The number of carbonyl (C=O) groups is 1. The molecular weight excluding hydrogens is 372 g/mol. The Kier molecular flexibility index (Phi) is 4.94. The number of amides is 1. The molecule has 0 saturated heterocycles. The topological polar surface area (TPSA) is 115 Å². The quantitative estimate of drug-likeness (QED) is 0.472. The first kappa shape index (κ1) is 18.6. The van der Waals surface area contributed by atoms with Crippen molar-refractivity contribution in [1.29, 1.82) is 0 Å². The van der Waals surface area contributed by atoms with Crippen molar-refractivity contribution in [3.63, 3.8) is 0 Å². The number of nitro groups is 1. The van der Waals surface area contributed by atoms with E-state index in [1.807, 2.05) is 23.8 Å². The van der Waals surface area contributed by atoms with E-state index in [2.05, 4.69) is 20.6 Å². The molecule has 2 N–H and O–H groups in total. The van der Waals surface area contributed by atoms with Gasteiger partial charge in [-0.25, -0.2) is 9.97 Å². The second-order valence-corrected chi connectivity index (χ2v) is 6.96. The van der Waals surface area contributed by atoms with Gasteiger partial charge >= 0.3 is 0 Å². The molecule has 4 rings (SSSR count). The van der Waals surface area contributed by atoms with Crippen LogP contribution in [0.1, 0.15) is 34.6 Å². The zero-order valence-electron chi connectivity index (χ0n) is 15.8. The molecule has 1 aliphatic rings. The molecule has 29 heavy (non-hydrogen) atoms. The minimum atomic E-state index is -0.468. The highest BCUT2D eigenvalue weighted by atomic mass is 16.6. The number of nitro benzene ring substituents is 1. The Bertz CT molecular complexity index is 1070. The summed E-state index contributed by atoms with van der Waals surface area (Å²) in [6.07, 6.45) is 7.19. The minimum absolute atomic E-state index is 0.0914. The van der Waals surface area contributed by atoms with Gasteiger partial charge in [0.15, 0.2) is 0 Å². The molecule has 1 aliphatic carbocycles. The third-order valence-corrected chi connectivity index (χ3v) is 4.73. The van der Waals surface area contributed by atoms with Gasteiger partial charge in [0.1, 0.15) is 17.3 Å². The molecule has 2 aromatic heterocycles. The lowest BCUT2D eigenvalue weighted by molar-refractivity contribution is -0.384. The van der Waals surface area contributed by atoms with Gasteiger partial charge in [-0.2, -0.15) is 0 Å². The number of anilines is 1. The summed E-state index contributed by atoms with van der Waals surface area (Å²) in [6.45, 7) is 2.16. The number of imidazole rings is 1. The number of nitrogens with one attached hydrogen (secondary N) is 2. The van der Waals surface area contributed by atoms with Gasteiger partial charge in [0.2, 0.25) is 0 Å². The molecule has 0 unspecified atom stereocenters. The molecule has 1 aromatic carbocycles. The fourth-order valence-corrected chi connectivity index (χ4v) is 3.00. The first-order valence-corrected chi connectivity index (χ1v) is 9.29. The summed E-state index contributed by atoms with van der Waals surface area (Å²) in [5.41, 5.74) is 1.46. The number of nitrogens with zero attached hydrogens (tertiary/aromatic N) is 4. The van der Waals surface area contributed by atoms with E-state index in [0.29, 0.717) is 11.5 Å². The van der Waals surface area contributed by atoms with Gasteiger partial charge in [-0.05, 0) is 49.6 Å². The molecule has 3 aromatic rings. The molecule has 2 heterocycles. The van der Waals surface area contributed by atoms with Crippen molar-refractivity contribution in [1.82, 2.24) is 19.9 Å². The Morgan fingerprint density at radius 3 is 2.76 bits per heavy atom. The smallest absolute Gasteiger partial charge is 0.293 e. The van der Waals surface area contributed by atoms with Gasteiger partial charge in [-0.1, -0.05) is 0 Å². The average molecular weight is 392 g/mol. The van der Waals surface area contributed by atoms with E-state index in [4.69, 9.17) is 0 Å². The normalized spacial score (nSPS) is 13.1. The number of hydrogen-bond acceptors (Lipinski definition) is 6. The number of pyridine rings is 1. The summed E-state index contributed by atoms with van der Waals surface area (Å²) in [6, 6.07) is 8.46. The molecule has 1 amide bonds. The highest BCUT2D eigenvalue weighted by Crippen LogP contribution is 2.31.